The van der Waals surface area contributed by atoms with E-state index in [1.54, 1.807) is 54.7 Å². The van der Waals surface area contributed by atoms with Crippen molar-refractivity contribution in [1.82, 2.24) is 25.2 Å². The lowest BCUT2D eigenvalue weighted by Crippen LogP contribution is -2.57. The topological polar surface area (TPSA) is 180 Å². The third kappa shape index (κ3) is 8.80. The highest BCUT2D eigenvalue weighted by Crippen LogP contribution is 2.59. The molecule has 17 heteroatoms. The van der Waals surface area contributed by atoms with Gasteiger partial charge < -0.3 is 29.1 Å². The molecule has 8 atom stereocenters. The summed E-state index contributed by atoms with van der Waals surface area (Å²) in [5.74, 6) is -3.78. The summed E-state index contributed by atoms with van der Waals surface area (Å²) in [7, 11) is -2.91. The van der Waals surface area contributed by atoms with Gasteiger partial charge in [-0.15, -0.1) is 11.3 Å². The van der Waals surface area contributed by atoms with Gasteiger partial charge in [-0.2, -0.15) is 5.26 Å². The van der Waals surface area contributed by atoms with E-state index in [2.05, 4.69) is 21.5 Å². The fraction of sp³-hybridized carbons (Fsp3) is 0.478. The maximum absolute atomic E-state index is 16.6. The van der Waals surface area contributed by atoms with Crippen molar-refractivity contribution < 1.29 is 42.1 Å². The monoisotopic (exact) mass is 898 g/mol. The van der Waals surface area contributed by atoms with Gasteiger partial charge in [0.25, 0.3) is 5.91 Å². The van der Waals surface area contributed by atoms with Crippen molar-refractivity contribution in [3.8, 4) is 17.6 Å². The van der Waals surface area contributed by atoms with E-state index in [4.69, 9.17) is 14.0 Å². The Hall–Kier alpha value is -5.36. The maximum atomic E-state index is 16.6. The van der Waals surface area contributed by atoms with Crippen LogP contribution in [0.4, 0.5) is 4.39 Å². The Morgan fingerprint density at radius 3 is 2.56 bits per heavy atom. The minimum Gasteiger partial charge on any atom is -0.495 e. The molecule has 14 nitrogen and oxygen atoms in total. The number of nitrogens with one attached hydrogen (secondary N) is 2. The number of carbonyl (C=O) groups excluding carboxylic acids is 4. The fourth-order valence-corrected chi connectivity index (χ4v) is 12.4. The molecule has 2 aromatic heterocycles. The zero-order valence-corrected chi connectivity index (χ0v) is 37.2. The molecule has 0 bridgehead atoms. The standard InChI is InChI=1S/C46H52FN6O8PS/c1-4-20-60-45(57)28(2)51-62(58,61-33-11-6-5-7-12-33)41(47)29-14-17-39-30(21-29)23-40(63-39)42(54)50-37-13-9-8-10-32-15-16-38(53(32)43(37)55)44(56)52-27-35(36(24-48)46(52)18-19-46)31-22-34(59-3)26-49-25-31/h5-7,11-12,14,17,21-23,25-26,28,32,35-38,41H,4,8-10,13,15-16,18-20,27H2,1-3H3,(H,50,54)(H,51,58)/t28-,32-,35-,36-,37-,38-,41+,62?/m0/s1. The largest absolute Gasteiger partial charge is 0.495 e. The van der Waals surface area contributed by atoms with Crippen LogP contribution in [0, 0.1) is 17.2 Å². The normalized spacial score (nSPS) is 24.6. The number of nitrogens with zero attached hydrogens (tertiary/aromatic N) is 4. The highest BCUT2D eigenvalue weighted by molar-refractivity contribution is 7.57. The SMILES string of the molecule is CCCOC(=O)[C@H](C)NP(=O)(Oc1ccccc1)[C@@H](F)c1ccc2sc(C(=O)N[C@H]3CCCC[C@H]4CC[C@@H](C(=O)N5C[C@@H](c6cncc(OC)c6)[C@H](C#N)C56CC6)N4C3=O)cc2c1. The van der Waals surface area contributed by atoms with E-state index in [1.165, 1.54) is 42.5 Å². The number of hydrogen-bond donors (Lipinski definition) is 2. The second kappa shape index (κ2) is 18.4. The van der Waals surface area contributed by atoms with E-state index in [-0.39, 0.29) is 41.7 Å². The number of esters is 1. The summed E-state index contributed by atoms with van der Waals surface area (Å²) in [5, 5.41) is 16.5. The van der Waals surface area contributed by atoms with E-state index in [1.807, 2.05) is 17.9 Å². The molecule has 1 spiro atoms. The molecule has 3 saturated heterocycles. The molecule has 4 aliphatic rings. The van der Waals surface area contributed by atoms with Crippen LogP contribution >= 0.6 is 18.9 Å². The Morgan fingerprint density at radius 1 is 1.05 bits per heavy atom. The molecular formula is C46H52FN6O8PS. The van der Waals surface area contributed by atoms with E-state index in [9.17, 15) is 29.0 Å². The van der Waals surface area contributed by atoms with Gasteiger partial charge in [0.2, 0.25) is 17.7 Å². The van der Waals surface area contributed by atoms with Crippen molar-refractivity contribution in [1.29, 1.82) is 5.26 Å². The number of carbonyl (C=O) groups is 4. The number of hydrogen-bond acceptors (Lipinski definition) is 11. The average Bonchev–Trinajstić information content (AvgIpc) is 3.61. The molecule has 2 N–H and O–H groups in total. The first-order chi connectivity index (χ1) is 30.4. The third-order valence-electron chi connectivity index (χ3n) is 12.9. The van der Waals surface area contributed by atoms with Crippen molar-refractivity contribution in [2.24, 2.45) is 5.92 Å². The zero-order chi connectivity index (χ0) is 44.5. The van der Waals surface area contributed by atoms with Crippen molar-refractivity contribution in [2.75, 3.05) is 20.3 Å². The number of ether oxygens (including phenoxy) is 2. The molecule has 63 heavy (non-hydrogen) atoms. The van der Waals surface area contributed by atoms with E-state index >= 15 is 4.39 Å². The molecule has 0 radical (unpaired) electrons. The van der Waals surface area contributed by atoms with Gasteiger partial charge in [0.1, 0.15) is 29.6 Å². The van der Waals surface area contributed by atoms with E-state index in [0.29, 0.717) is 65.8 Å². The molecule has 4 fully saturated rings. The van der Waals surface area contributed by atoms with Crippen LogP contribution in [0.2, 0.25) is 0 Å². The minimum atomic E-state index is -4.47. The van der Waals surface area contributed by atoms with Gasteiger partial charge in [-0.1, -0.05) is 44.0 Å². The number of benzene rings is 2. The highest BCUT2D eigenvalue weighted by atomic mass is 32.1. The van der Waals surface area contributed by atoms with Crippen molar-refractivity contribution in [3.63, 3.8) is 0 Å². The van der Waals surface area contributed by atoms with Crippen LogP contribution in [-0.4, -0.2) is 88.4 Å². The molecule has 4 aromatic rings. The maximum Gasteiger partial charge on any atom is 0.355 e. The first-order valence-corrected chi connectivity index (χ1v) is 24.2. The summed E-state index contributed by atoms with van der Waals surface area (Å²) >= 11 is 1.17. The molecule has 3 amide bonds. The van der Waals surface area contributed by atoms with Crippen molar-refractivity contribution in [3.05, 3.63) is 89.1 Å². The number of para-hydroxylation sites is 1. The minimum absolute atomic E-state index is 0.0117. The summed E-state index contributed by atoms with van der Waals surface area (Å²) in [6.07, 6.45) is 9.22. The summed E-state index contributed by atoms with van der Waals surface area (Å²) in [4.78, 5) is 64.0. The number of rotatable bonds is 14. The predicted octanol–water partition coefficient (Wildman–Crippen LogP) is 7.81. The predicted molar refractivity (Wildman–Crippen MR) is 234 cm³/mol. The Kier molecular flexibility index (Phi) is 12.9. The fourth-order valence-electron chi connectivity index (χ4n) is 9.56. The number of aromatic nitrogens is 1. The van der Waals surface area contributed by atoms with Crippen LogP contribution in [0.15, 0.2) is 73.1 Å². The van der Waals surface area contributed by atoms with Gasteiger partial charge in [-0.05, 0) is 105 Å². The van der Waals surface area contributed by atoms with Gasteiger partial charge in [0, 0.05) is 29.4 Å². The van der Waals surface area contributed by atoms with Crippen molar-refractivity contribution >= 4 is 52.6 Å². The molecule has 1 aliphatic carbocycles. The van der Waals surface area contributed by atoms with Crippen molar-refractivity contribution in [2.45, 2.75) is 113 Å². The van der Waals surface area contributed by atoms with Crippen LogP contribution in [0.1, 0.15) is 104 Å². The number of thiophene rings is 1. The number of alkyl halides is 1. The lowest BCUT2D eigenvalue weighted by Gasteiger charge is -2.37. The second-order valence-electron chi connectivity index (χ2n) is 17.0. The number of halogens is 1. The van der Waals surface area contributed by atoms with Gasteiger partial charge in [0.05, 0.1) is 42.3 Å². The first kappa shape index (κ1) is 44.3. The third-order valence-corrected chi connectivity index (χ3v) is 16.1. The molecule has 1 unspecified atom stereocenters. The number of pyridine rings is 1. The molecule has 5 heterocycles. The number of fused-ring (bicyclic) bond motifs is 2. The Bertz CT molecular complexity index is 2460. The number of likely N-dealkylation sites (tertiary alicyclic amines) is 1. The molecule has 332 valence electrons. The summed E-state index contributed by atoms with van der Waals surface area (Å²) in [6, 6.07) is 15.8. The van der Waals surface area contributed by atoms with Crippen LogP contribution in [0.5, 0.6) is 11.5 Å². The molecule has 8 rings (SSSR count). The van der Waals surface area contributed by atoms with Crippen LogP contribution in [0.3, 0.4) is 0 Å². The molecule has 2 aromatic carbocycles. The van der Waals surface area contributed by atoms with Gasteiger partial charge in [-0.25, -0.2) is 9.48 Å². The van der Waals surface area contributed by atoms with E-state index in [0.717, 1.165) is 24.8 Å². The average molecular weight is 899 g/mol. The number of methoxy groups -OCH3 is 1. The lowest BCUT2D eigenvalue weighted by atomic mass is 9.85. The number of amides is 3. The zero-order valence-electron chi connectivity index (χ0n) is 35.5. The van der Waals surface area contributed by atoms with Crippen LogP contribution in [-0.2, 0) is 23.7 Å². The van der Waals surface area contributed by atoms with Crippen LogP contribution < -0.4 is 19.7 Å². The summed E-state index contributed by atoms with van der Waals surface area (Å²) in [5.41, 5.74) is 0.255. The summed E-state index contributed by atoms with van der Waals surface area (Å²) in [6.45, 7) is 3.76. The molecular weight excluding hydrogens is 847 g/mol. The van der Waals surface area contributed by atoms with Gasteiger partial charge in [0.15, 0.2) is 0 Å². The second-order valence-corrected chi connectivity index (χ2v) is 20.2. The quantitative estimate of drug-likeness (QED) is 0.0931. The first-order valence-electron chi connectivity index (χ1n) is 21.7. The highest BCUT2D eigenvalue weighted by Gasteiger charge is 2.64. The number of nitriles is 1. The Balaban J connectivity index is 0.991. The Labute approximate surface area is 370 Å². The van der Waals surface area contributed by atoms with E-state index < -0.39 is 54.9 Å². The van der Waals surface area contributed by atoms with Gasteiger partial charge in [-0.3, -0.25) is 28.7 Å². The lowest BCUT2D eigenvalue weighted by molar-refractivity contribution is -0.148. The molecule has 3 aliphatic heterocycles. The summed E-state index contributed by atoms with van der Waals surface area (Å²) < 4.78 is 48.0. The smallest absolute Gasteiger partial charge is 0.355 e. The van der Waals surface area contributed by atoms with Gasteiger partial charge >= 0.3 is 13.5 Å². The Morgan fingerprint density at radius 2 is 1.83 bits per heavy atom. The van der Waals surface area contributed by atoms with Crippen LogP contribution in [0.25, 0.3) is 10.1 Å². The molecule has 1 saturated carbocycles.